The average molecular weight is 382 g/mol. The summed E-state index contributed by atoms with van der Waals surface area (Å²) in [6.45, 7) is 0. The van der Waals surface area contributed by atoms with Gasteiger partial charge in [-0.15, -0.1) is 13.2 Å². The first-order chi connectivity index (χ1) is 13.3. The van der Waals surface area contributed by atoms with Crippen LogP contribution < -0.4 is 10.5 Å². The van der Waals surface area contributed by atoms with Crippen molar-refractivity contribution in [2.45, 2.75) is 6.36 Å². The van der Waals surface area contributed by atoms with Gasteiger partial charge in [-0.3, -0.25) is 4.79 Å². The Balaban J connectivity index is 2.27. The van der Waals surface area contributed by atoms with Gasteiger partial charge in [-0.2, -0.15) is 5.26 Å². The molecule has 3 aromatic rings. The minimum Gasteiger partial charge on any atom is -0.403 e. The minimum atomic E-state index is -5.03. The molecule has 0 atom stereocenters. The van der Waals surface area contributed by atoms with E-state index in [1.165, 1.54) is 36.4 Å². The zero-order valence-electron chi connectivity index (χ0n) is 14.3. The molecule has 0 aliphatic rings. The summed E-state index contributed by atoms with van der Waals surface area (Å²) in [5, 5.41) is 9.04. The van der Waals surface area contributed by atoms with Gasteiger partial charge in [0.25, 0.3) is 0 Å². The number of nitriles is 1. The molecule has 0 saturated carbocycles. The van der Waals surface area contributed by atoms with Crippen LogP contribution in [0.1, 0.15) is 21.5 Å². The lowest BCUT2D eigenvalue weighted by Gasteiger charge is -2.18. The van der Waals surface area contributed by atoms with E-state index in [0.717, 1.165) is 0 Å². The molecular weight excluding hydrogens is 369 g/mol. The van der Waals surface area contributed by atoms with Gasteiger partial charge in [0, 0.05) is 5.56 Å². The maximum atomic E-state index is 13.2. The van der Waals surface area contributed by atoms with E-state index in [4.69, 9.17) is 11.0 Å². The molecule has 3 aromatic carbocycles. The summed E-state index contributed by atoms with van der Waals surface area (Å²) >= 11 is 0. The van der Waals surface area contributed by atoms with Gasteiger partial charge in [-0.1, -0.05) is 48.5 Å². The monoisotopic (exact) mass is 382 g/mol. The summed E-state index contributed by atoms with van der Waals surface area (Å²) in [4.78, 5) is 13.2. The highest BCUT2D eigenvalue weighted by atomic mass is 19.4. The third-order valence-corrected chi connectivity index (χ3v) is 3.97. The normalized spacial score (nSPS) is 10.9. The zero-order chi connectivity index (χ0) is 20.3. The Morgan fingerprint density at radius 2 is 1.71 bits per heavy atom. The topological polar surface area (TPSA) is 76.1 Å². The summed E-state index contributed by atoms with van der Waals surface area (Å²) in [5.41, 5.74) is 6.09. The largest absolute Gasteiger partial charge is 0.573 e. The Morgan fingerprint density at radius 1 is 1.00 bits per heavy atom. The number of halogens is 3. The summed E-state index contributed by atoms with van der Waals surface area (Å²) in [6, 6.07) is 18.8. The van der Waals surface area contributed by atoms with Gasteiger partial charge in [0.05, 0.1) is 22.9 Å². The summed E-state index contributed by atoms with van der Waals surface area (Å²) in [7, 11) is 0. The average Bonchev–Trinajstić information content (AvgIpc) is 2.68. The molecule has 0 bridgehead atoms. The number of hydrogen-bond acceptors (Lipinski definition) is 4. The molecule has 0 unspecified atom stereocenters. The Bertz CT molecular complexity index is 1070. The predicted octanol–water partition coefficient (Wildman–Crippen LogP) is 4.94. The Morgan fingerprint density at radius 3 is 2.36 bits per heavy atom. The van der Waals surface area contributed by atoms with E-state index < -0.39 is 17.9 Å². The molecule has 0 aromatic heterocycles. The van der Waals surface area contributed by atoms with Crippen LogP contribution in [0.3, 0.4) is 0 Å². The van der Waals surface area contributed by atoms with Crippen LogP contribution in [0, 0.1) is 11.3 Å². The third-order valence-electron chi connectivity index (χ3n) is 3.97. The van der Waals surface area contributed by atoms with E-state index in [2.05, 4.69) is 4.74 Å². The first kappa shape index (κ1) is 19.0. The first-order valence-electron chi connectivity index (χ1n) is 8.08. The Labute approximate surface area is 158 Å². The van der Waals surface area contributed by atoms with Crippen LogP contribution in [-0.2, 0) is 0 Å². The Kier molecular flexibility index (Phi) is 5.05. The maximum absolute atomic E-state index is 13.2. The lowest BCUT2D eigenvalue weighted by molar-refractivity contribution is -0.274. The second-order valence-electron chi connectivity index (χ2n) is 5.84. The van der Waals surface area contributed by atoms with Gasteiger partial charge in [-0.05, 0) is 29.3 Å². The van der Waals surface area contributed by atoms with Crippen molar-refractivity contribution in [3.63, 3.8) is 0 Å². The van der Waals surface area contributed by atoms with E-state index in [1.807, 2.05) is 6.07 Å². The van der Waals surface area contributed by atoms with Crippen LogP contribution in [0.25, 0.3) is 11.1 Å². The molecule has 0 amide bonds. The van der Waals surface area contributed by atoms with Crippen LogP contribution in [0.5, 0.6) is 5.75 Å². The number of benzene rings is 3. The highest BCUT2D eigenvalue weighted by Gasteiger charge is 2.35. The van der Waals surface area contributed by atoms with Crippen LogP contribution in [0.4, 0.5) is 18.9 Å². The van der Waals surface area contributed by atoms with E-state index >= 15 is 0 Å². The molecular formula is C21H13F3N2O2. The van der Waals surface area contributed by atoms with Crippen molar-refractivity contribution < 1.29 is 22.7 Å². The number of carbonyl (C=O) groups is 1. The van der Waals surface area contributed by atoms with Crippen molar-refractivity contribution in [1.82, 2.24) is 0 Å². The number of ketones is 1. The molecule has 3 rings (SSSR count). The van der Waals surface area contributed by atoms with Gasteiger partial charge in [0.2, 0.25) is 0 Å². The second-order valence-corrected chi connectivity index (χ2v) is 5.84. The summed E-state index contributed by atoms with van der Waals surface area (Å²) in [6.07, 6.45) is -5.03. The molecule has 0 fully saturated rings. The van der Waals surface area contributed by atoms with Crippen LogP contribution in [0.15, 0.2) is 66.7 Å². The number of nitrogens with zero attached hydrogens (tertiary/aromatic N) is 1. The number of hydrogen-bond donors (Lipinski definition) is 1. The van der Waals surface area contributed by atoms with E-state index in [-0.39, 0.29) is 27.9 Å². The Hall–Kier alpha value is -3.79. The van der Waals surface area contributed by atoms with Crippen molar-refractivity contribution in [2.75, 3.05) is 5.73 Å². The van der Waals surface area contributed by atoms with Crippen LogP contribution in [-0.4, -0.2) is 12.1 Å². The molecule has 4 nitrogen and oxygen atoms in total. The standard InChI is InChI=1S/C21H13F3N2O2/c22-21(23,24)28-20-17(26)10-9-16(14-6-2-1-3-7-14)18(20)19(27)15-8-4-5-13(11-15)12-25/h1-11H,26H2. The SMILES string of the molecule is N#Cc1cccc(C(=O)c2c(-c3ccccc3)ccc(N)c2OC(F)(F)F)c1. The molecule has 0 heterocycles. The van der Waals surface area contributed by atoms with Gasteiger partial charge in [0.15, 0.2) is 11.5 Å². The number of carbonyl (C=O) groups excluding carboxylic acids is 1. The van der Waals surface area contributed by atoms with Crippen molar-refractivity contribution in [2.24, 2.45) is 0 Å². The van der Waals surface area contributed by atoms with Crippen molar-refractivity contribution >= 4 is 11.5 Å². The molecule has 140 valence electrons. The number of anilines is 1. The number of alkyl halides is 3. The lowest BCUT2D eigenvalue weighted by Crippen LogP contribution is -2.21. The summed E-state index contributed by atoms with van der Waals surface area (Å²) in [5.74, 6) is -1.50. The third kappa shape index (κ3) is 3.96. The van der Waals surface area contributed by atoms with E-state index in [0.29, 0.717) is 5.56 Å². The molecule has 0 aliphatic carbocycles. The van der Waals surface area contributed by atoms with Gasteiger partial charge < -0.3 is 10.5 Å². The van der Waals surface area contributed by atoms with Crippen molar-refractivity contribution in [1.29, 1.82) is 5.26 Å². The van der Waals surface area contributed by atoms with E-state index in [9.17, 15) is 18.0 Å². The molecule has 0 spiro atoms. The predicted molar refractivity (Wildman–Crippen MR) is 97.6 cm³/mol. The summed E-state index contributed by atoms with van der Waals surface area (Å²) < 4.78 is 43.1. The van der Waals surface area contributed by atoms with Gasteiger partial charge in [-0.25, -0.2) is 0 Å². The van der Waals surface area contributed by atoms with Crippen LogP contribution >= 0.6 is 0 Å². The van der Waals surface area contributed by atoms with Gasteiger partial charge in [0.1, 0.15) is 0 Å². The molecule has 0 radical (unpaired) electrons. The maximum Gasteiger partial charge on any atom is 0.573 e. The fourth-order valence-corrected chi connectivity index (χ4v) is 2.78. The number of nitrogen functional groups attached to an aromatic ring is 1. The highest BCUT2D eigenvalue weighted by molar-refractivity contribution is 6.15. The fourth-order valence-electron chi connectivity index (χ4n) is 2.78. The fraction of sp³-hybridized carbons (Fsp3) is 0.0476. The van der Waals surface area contributed by atoms with Crippen LogP contribution in [0.2, 0.25) is 0 Å². The number of nitrogens with two attached hydrogens (primary N) is 1. The minimum absolute atomic E-state index is 0.0499. The number of rotatable bonds is 4. The van der Waals surface area contributed by atoms with Crippen molar-refractivity contribution in [3.8, 4) is 22.9 Å². The lowest BCUT2D eigenvalue weighted by atomic mass is 9.92. The quantitative estimate of drug-likeness (QED) is 0.512. The molecule has 0 aliphatic heterocycles. The second kappa shape index (κ2) is 7.45. The molecule has 28 heavy (non-hydrogen) atoms. The molecule has 2 N–H and O–H groups in total. The highest BCUT2D eigenvalue weighted by Crippen LogP contribution is 2.39. The zero-order valence-corrected chi connectivity index (χ0v) is 14.3. The molecule has 7 heteroatoms. The van der Waals surface area contributed by atoms with Crippen molar-refractivity contribution in [3.05, 3.63) is 83.4 Å². The number of ether oxygens (including phenoxy) is 1. The van der Waals surface area contributed by atoms with E-state index in [1.54, 1.807) is 30.3 Å². The smallest absolute Gasteiger partial charge is 0.403 e. The first-order valence-corrected chi connectivity index (χ1v) is 8.08. The van der Waals surface area contributed by atoms with Gasteiger partial charge >= 0.3 is 6.36 Å². The molecule has 0 saturated heterocycles.